The molecule has 0 aliphatic rings. The Hall–Kier alpha value is -1.66. The molecule has 1 unspecified atom stereocenters. The molecule has 5 nitrogen and oxygen atoms in total. The van der Waals surface area contributed by atoms with E-state index in [0.717, 1.165) is 5.01 Å². The van der Waals surface area contributed by atoms with Crippen LogP contribution in [-0.4, -0.2) is 10.9 Å². The Labute approximate surface area is 109 Å². The lowest BCUT2D eigenvalue weighted by Crippen LogP contribution is -2.26. The average molecular weight is 265 g/mol. The topological polar surface area (TPSA) is 81.1 Å². The van der Waals surface area contributed by atoms with E-state index in [2.05, 4.69) is 10.3 Å². The summed E-state index contributed by atoms with van der Waals surface area (Å²) in [7, 11) is 0. The van der Waals surface area contributed by atoms with Gasteiger partial charge in [-0.15, -0.1) is 11.3 Å². The first-order chi connectivity index (χ1) is 8.58. The highest BCUT2D eigenvalue weighted by atomic mass is 32.1. The van der Waals surface area contributed by atoms with Crippen molar-refractivity contribution in [2.24, 2.45) is 5.73 Å². The van der Waals surface area contributed by atoms with Crippen molar-refractivity contribution in [3.63, 3.8) is 0 Å². The summed E-state index contributed by atoms with van der Waals surface area (Å²) in [6, 6.07) is 3.26. The van der Waals surface area contributed by atoms with E-state index in [-0.39, 0.29) is 18.0 Å². The number of amides is 1. The molecule has 0 aliphatic heterocycles. The van der Waals surface area contributed by atoms with Gasteiger partial charge in [0.05, 0.1) is 18.3 Å². The molecule has 2 rings (SSSR count). The van der Waals surface area contributed by atoms with Crippen LogP contribution in [0.3, 0.4) is 0 Å². The predicted molar refractivity (Wildman–Crippen MR) is 69.3 cm³/mol. The molecule has 0 aliphatic carbocycles. The number of carbonyl (C=O) groups is 1. The Morgan fingerprint density at radius 1 is 1.56 bits per heavy atom. The minimum absolute atomic E-state index is 0.154. The van der Waals surface area contributed by atoms with E-state index in [0.29, 0.717) is 11.5 Å². The Kier molecular flexibility index (Phi) is 3.78. The number of thiazole rings is 1. The highest BCUT2D eigenvalue weighted by Gasteiger charge is 2.16. The second-order valence-electron chi connectivity index (χ2n) is 4.07. The number of carbonyl (C=O) groups excluding carboxylic acids is 1. The van der Waals surface area contributed by atoms with Crippen LogP contribution in [0.15, 0.2) is 28.2 Å². The smallest absolute Gasteiger partial charge is 0.271 e. The van der Waals surface area contributed by atoms with Crippen molar-refractivity contribution in [2.45, 2.75) is 25.9 Å². The molecule has 0 fully saturated rings. The molecule has 2 heterocycles. The molecule has 2 aromatic rings. The lowest BCUT2D eigenvalue weighted by molar-refractivity contribution is 0.0931. The number of hydrogen-bond acceptors (Lipinski definition) is 5. The van der Waals surface area contributed by atoms with Gasteiger partial charge in [0.1, 0.15) is 16.5 Å². The van der Waals surface area contributed by atoms with Crippen LogP contribution in [0.25, 0.3) is 0 Å². The molecule has 2 atom stereocenters. The predicted octanol–water partition coefficient (Wildman–Crippen LogP) is 2.25. The lowest BCUT2D eigenvalue weighted by atomic mass is 10.2. The van der Waals surface area contributed by atoms with Crippen molar-refractivity contribution in [2.75, 3.05) is 0 Å². The van der Waals surface area contributed by atoms with Gasteiger partial charge in [0, 0.05) is 5.38 Å². The van der Waals surface area contributed by atoms with Crippen LogP contribution >= 0.6 is 11.3 Å². The quantitative estimate of drug-likeness (QED) is 0.888. The van der Waals surface area contributed by atoms with Gasteiger partial charge in [-0.05, 0) is 26.0 Å². The van der Waals surface area contributed by atoms with E-state index in [4.69, 9.17) is 10.2 Å². The Balaban J connectivity index is 2.03. The van der Waals surface area contributed by atoms with Gasteiger partial charge in [-0.3, -0.25) is 4.79 Å². The highest BCUT2D eigenvalue weighted by molar-refractivity contribution is 7.09. The maximum absolute atomic E-state index is 11.9. The fourth-order valence-corrected chi connectivity index (χ4v) is 2.24. The normalized spacial score (nSPS) is 14.2. The fourth-order valence-electron chi connectivity index (χ4n) is 1.48. The van der Waals surface area contributed by atoms with E-state index in [1.165, 1.54) is 11.3 Å². The van der Waals surface area contributed by atoms with Gasteiger partial charge in [-0.25, -0.2) is 4.98 Å². The number of furan rings is 1. The zero-order valence-electron chi connectivity index (χ0n) is 10.2. The van der Waals surface area contributed by atoms with Gasteiger partial charge < -0.3 is 15.5 Å². The second-order valence-corrected chi connectivity index (χ2v) is 4.96. The molecule has 0 radical (unpaired) electrons. The molecule has 0 spiro atoms. The first-order valence-corrected chi connectivity index (χ1v) is 6.51. The van der Waals surface area contributed by atoms with Crippen LogP contribution in [-0.2, 0) is 0 Å². The van der Waals surface area contributed by atoms with E-state index in [1.807, 2.05) is 19.9 Å². The monoisotopic (exact) mass is 265 g/mol. The average Bonchev–Trinajstić information content (AvgIpc) is 3.00. The summed E-state index contributed by atoms with van der Waals surface area (Å²) in [6.45, 7) is 3.70. The third kappa shape index (κ3) is 2.77. The molecule has 0 saturated heterocycles. The molecule has 18 heavy (non-hydrogen) atoms. The molecule has 2 aromatic heterocycles. The summed E-state index contributed by atoms with van der Waals surface area (Å²) in [5.41, 5.74) is 6.10. The minimum Gasteiger partial charge on any atom is -0.467 e. The Bertz CT molecular complexity index is 519. The first-order valence-electron chi connectivity index (χ1n) is 5.63. The first kappa shape index (κ1) is 12.8. The van der Waals surface area contributed by atoms with Gasteiger partial charge in [0.2, 0.25) is 0 Å². The van der Waals surface area contributed by atoms with E-state index in [1.54, 1.807) is 17.7 Å². The summed E-state index contributed by atoms with van der Waals surface area (Å²) < 4.78 is 5.22. The number of nitrogens with one attached hydrogen (secondary N) is 1. The number of aromatic nitrogens is 1. The van der Waals surface area contributed by atoms with E-state index < -0.39 is 0 Å². The molecular formula is C12H15N3O2S. The molecule has 0 aromatic carbocycles. The van der Waals surface area contributed by atoms with Crippen LogP contribution in [0.4, 0.5) is 0 Å². The fraction of sp³-hybridized carbons (Fsp3) is 0.333. The number of rotatable bonds is 4. The van der Waals surface area contributed by atoms with Crippen molar-refractivity contribution >= 4 is 17.2 Å². The van der Waals surface area contributed by atoms with Gasteiger partial charge in [-0.1, -0.05) is 0 Å². The van der Waals surface area contributed by atoms with Gasteiger partial charge in [-0.2, -0.15) is 0 Å². The molecule has 0 saturated carbocycles. The lowest BCUT2D eigenvalue weighted by Gasteiger charge is -2.09. The molecule has 1 amide bonds. The van der Waals surface area contributed by atoms with Crippen molar-refractivity contribution < 1.29 is 9.21 Å². The third-order valence-electron chi connectivity index (χ3n) is 2.46. The molecule has 6 heteroatoms. The Morgan fingerprint density at radius 2 is 2.33 bits per heavy atom. The second kappa shape index (κ2) is 5.32. The Morgan fingerprint density at radius 3 is 2.89 bits per heavy atom. The number of hydrogen-bond donors (Lipinski definition) is 2. The molecule has 96 valence electrons. The summed E-state index contributed by atoms with van der Waals surface area (Å²) in [6.07, 6.45) is 1.58. The standard InChI is InChI=1S/C12H15N3O2S/c1-7(13)12-15-9(6-18-12)11(16)14-8(2)10-4-3-5-17-10/h3-8H,13H2,1-2H3,(H,14,16)/t7?,8-/m0/s1. The SMILES string of the molecule is CC(N)c1nc(C(=O)N[C@@H](C)c2ccco2)cs1. The van der Waals surface area contributed by atoms with Crippen molar-refractivity contribution in [1.29, 1.82) is 0 Å². The van der Waals surface area contributed by atoms with E-state index >= 15 is 0 Å². The van der Waals surface area contributed by atoms with Crippen molar-refractivity contribution in [3.8, 4) is 0 Å². The molecule has 0 bridgehead atoms. The van der Waals surface area contributed by atoms with Crippen LogP contribution < -0.4 is 11.1 Å². The maximum atomic E-state index is 11.9. The highest BCUT2D eigenvalue weighted by Crippen LogP contribution is 2.17. The number of nitrogens with two attached hydrogens (primary N) is 1. The molecular weight excluding hydrogens is 250 g/mol. The van der Waals surface area contributed by atoms with Gasteiger partial charge in [0.25, 0.3) is 5.91 Å². The van der Waals surface area contributed by atoms with Crippen LogP contribution in [0.2, 0.25) is 0 Å². The minimum atomic E-state index is -0.220. The summed E-state index contributed by atoms with van der Waals surface area (Å²) >= 11 is 1.39. The zero-order valence-corrected chi connectivity index (χ0v) is 11.0. The maximum Gasteiger partial charge on any atom is 0.271 e. The van der Waals surface area contributed by atoms with Gasteiger partial charge in [0.15, 0.2) is 0 Å². The largest absolute Gasteiger partial charge is 0.467 e. The van der Waals surface area contributed by atoms with Crippen LogP contribution in [0.1, 0.15) is 47.2 Å². The zero-order chi connectivity index (χ0) is 13.1. The summed E-state index contributed by atoms with van der Waals surface area (Å²) in [4.78, 5) is 16.1. The van der Waals surface area contributed by atoms with Crippen molar-refractivity contribution in [3.05, 3.63) is 40.2 Å². The van der Waals surface area contributed by atoms with Gasteiger partial charge >= 0.3 is 0 Å². The number of nitrogens with zero attached hydrogens (tertiary/aromatic N) is 1. The summed E-state index contributed by atoms with van der Waals surface area (Å²) in [5, 5.41) is 5.29. The van der Waals surface area contributed by atoms with Crippen molar-refractivity contribution in [1.82, 2.24) is 10.3 Å². The van der Waals surface area contributed by atoms with Crippen LogP contribution in [0.5, 0.6) is 0 Å². The van der Waals surface area contributed by atoms with Crippen LogP contribution in [0, 0.1) is 0 Å². The summed E-state index contributed by atoms with van der Waals surface area (Å²) in [5.74, 6) is 0.494. The molecule has 3 N–H and O–H groups in total. The van der Waals surface area contributed by atoms with E-state index in [9.17, 15) is 4.79 Å². The third-order valence-corrected chi connectivity index (χ3v) is 3.51.